The fraction of sp³-hybridized carbons (Fsp3) is 0.385. The number of pyridine rings is 1. The van der Waals surface area contributed by atoms with Gasteiger partial charge in [-0.05, 0) is 56.6 Å². The fourth-order valence-corrected chi connectivity index (χ4v) is 4.49. The fourth-order valence-electron chi connectivity index (χ4n) is 4.08. The zero-order valence-corrected chi connectivity index (χ0v) is 21.3. The van der Waals surface area contributed by atoms with E-state index in [2.05, 4.69) is 20.1 Å². The van der Waals surface area contributed by atoms with Gasteiger partial charge in [-0.1, -0.05) is 29.3 Å². The Balaban J connectivity index is 1.19. The first kappa shape index (κ1) is 25.4. The lowest BCUT2D eigenvalue weighted by Gasteiger charge is -2.36. The first-order valence-corrected chi connectivity index (χ1v) is 12.7. The standard InChI is InChI=1S/C26H30Cl2N4O3/c1-2-29-26(33)35-24-11-9-19-8-10-20(18-22(19)30-24)34-17-4-3-12-31-13-15-32(16-14-31)23-7-5-6-21(27)25(23)28/h5-11,18H,2-4,12-17H2,1H3,(H,29,33). The monoisotopic (exact) mass is 516 g/mol. The second-order valence-electron chi connectivity index (χ2n) is 8.38. The number of nitrogens with zero attached hydrogens (tertiary/aromatic N) is 3. The average Bonchev–Trinajstić information content (AvgIpc) is 2.86. The van der Waals surface area contributed by atoms with E-state index in [-0.39, 0.29) is 5.88 Å². The van der Waals surface area contributed by atoms with Crippen molar-refractivity contribution >= 4 is 45.9 Å². The van der Waals surface area contributed by atoms with Crippen molar-refractivity contribution in [3.05, 3.63) is 58.6 Å². The lowest BCUT2D eigenvalue weighted by atomic mass is 10.2. The molecule has 35 heavy (non-hydrogen) atoms. The Hall–Kier alpha value is -2.74. The van der Waals surface area contributed by atoms with Crippen LogP contribution in [-0.2, 0) is 0 Å². The summed E-state index contributed by atoms with van der Waals surface area (Å²) in [5.41, 5.74) is 1.74. The van der Waals surface area contributed by atoms with Crippen LogP contribution < -0.4 is 19.7 Å². The molecule has 186 valence electrons. The van der Waals surface area contributed by atoms with E-state index in [0.717, 1.165) is 67.9 Å². The summed E-state index contributed by atoms with van der Waals surface area (Å²) in [6.07, 6.45) is 1.52. The third kappa shape index (κ3) is 6.90. The Kier molecular flexibility index (Phi) is 8.90. The van der Waals surface area contributed by atoms with Crippen molar-refractivity contribution in [2.24, 2.45) is 0 Å². The molecule has 1 amide bonds. The molecule has 1 aromatic heterocycles. The van der Waals surface area contributed by atoms with Crippen LogP contribution >= 0.6 is 23.2 Å². The van der Waals surface area contributed by atoms with Crippen molar-refractivity contribution in [2.75, 3.05) is 50.8 Å². The highest BCUT2D eigenvalue weighted by molar-refractivity contribution is 6.43. The molecule has 1 aliphatic heterocycles. The number of hydrogen-bond acceptors (Lipinski definition) is 6. The summed E-state index contributed by atoms with van der Waals surface area (Å²) in [7, 11) is 0. The minimum absolute atomic E-state index is 0.262. The Morgan fingerprint density at radius 1 is 1.06 bits per heavy atom. The van der Waals surface area contributed by atoms with Crippen LogP contribution in [-0.4, -0.2) is 61.9 Å². The molecule has 7 nitrogen and oxygen atoms in total. The van der Waals surface area contributed by atoms with Gasteiger partial charge in [0.05, 0.1) is 27.9 Å². The number of aromatic nitrogens is 1. The smallest absolute Gasteiger partial charge is 0.413 e. The Morgan fingerprint density at radius 3 is 2.66 bits per heavy atom. The average molecular weight is 517 g/mol. The number of amides is 1. The molecule has 1 N–H and O–H groups in total. The van der Waals surface area contributed by atoms with Crippen LogP contribution in [0.4, 0.5) is 10.5 Å². The highest BCUT2D eigenvalue weighted by Gasteiger charge is 2.19. The number of halogens is 2. The number of benzene rings is 2. The van der Waals surface area contributed by atoms with E-state index < -0.39 is 6.09 Å². The van der Waals surface area contributed by atoms with Crippen molar-refractivity contribution in [3.8, 4) is 11.6 Å². The van der Waals surface area contributed by atoms with Gasteiger partial charge in [0.15, 0.2) is 0 Å². The van der Waals surface area contributed by atoms with Crippen LogP contribution in [0.5, 0.6) is 11.6 Å². The Bertz CT molecular complexity index is 1150. The molecule has 1 fully saturated rings. The van der Waals surface area contributed by atoms with Gasteiger partial charge in [0.2, 0.25) is 5.88 Å². The summed E-state index contributed by atoms with van der Waals surface area (Å²) < 4.78 is 11.1. The molecular weight excluding hydrogens is 487 g/mol. The molecular formula is C26H30Cl2N4O3. The van der Waals surface area contributed by atoms with Crippen LogP contribution in [0.2, 0.25) is 10.0 Å². The van der Waals surface area contributed by atoms with Crippen molar-refractivity contribution in [1.82, 2.24) is 15.2 Å². The number of anilines is 1. The van der Waals surface area contributed by atoms with Crippen molar-refractivity contribution in [1.29, 1.82) is 0 Å². The van der Waals surface area contributed by atoms with Gasteiger partial charge in [-0.15, -0.1) is 0 Å². The highest BCUT2D eigenvalue weighted by Crippen LogP contribution is 2.32. The molecule has 0 aliphatic carbocycles. The van der Waals surface area contributed by atoms with Gasteiger partial charge in [-0.3, -0.25) is 4.90 Å². The summed E-state index contributed by atoms with van der Waals surface area (Å²) in [4.78, 5) is 20.8. The number of rotatable bonds is 9. The first-order valence-electron chi connectivity index (χ1n) is 11.9. The maximum Gasteiger partial charge on any atom is 0.413 e. The molecule has 9 heteroatoms. The molecule has 0 bridgehead atoms. The van der Waals surface area contributed by atoms with Crippen LogP contribution in [0.25, 0.3) is 10.9 Å². The second-order valence-corrected chi connectivity index (χ2v) is 9.17. The lowest BCUT2D eigenvalue weighted by molar-refractivity contribution is 0.199. The van der Waals surface area contributed by atoms with Gasteiger partial charge in [0.1, 0.15) is 5.75 Å². The molecule has 0 radical (unpaired) electrons. The molecule has 0 unspecified atom stereocenters. The molecule has 4 rings (SSSR count). The first-order chi connectivity index (χ1) is 17.0. The zero-order chi connectivity index (χ0) is 24.6. The summed E-state index contributed by atoms with van der Waals surface area (Å²) >= 11 is 12.5. The maximum atomic E-state index is 11.6. The number of carbonyl (C=O) groups is 1. The van der Waals surface area contributed by atoms with Crippen LogP contribution in [0.3, 0.4) is 0 Å². The topological polar surface area (TPSA) is 66.9 Å². The number of fused-ring (bicyclic) bond motifs is 1. The number of carbonyl (C=O) groups excluding carboxylic acids is 1. The molecule has 1 aliphatic rings. The van der Waals surface area contributed by atoms with Gasteiger partial charge in [0, 0.05) is 50.2 Å². The minimum Gasteiger partial charge on any atom is -0.494 e. The van der Waals surface area contributed by atoms with E-state index in [0.29, 0.717) is 23.2 Å². The van der Waals surface area contributed by atoms with Crippen LogP contribution in [0.1, 0.15) is 19.8 Å². The van der Waals surface area contributed by atoms with Crippen molar-refractivity contribution in [3.63, 3.8) is 0 Å². The van der Waals surface area contributed by atoms with E-state index in [1.165, 1.54) is 0 Å². The summed E-state index contributed by atoms with van der Waals surface area (Å²) in [6, 6.07) is 15.1. The normalized spacial score (nSPS) is 14.2. The quantitative estimate of drug-likeness (QED) is 0.371. The number of ether oxygens (including phenoxy) is 2. The zero-order valence-electron chi connectivity index (χ0n) is 19.8. The molecule has 2 heterocycles. The summed E-state index contributed by atoms with van der Waals surface area (Å²) in [5, 5.41) is 4.78. The van der Waals surface area contributed by atoms with E-state index in [1.54, 1.807) is 6.07 Å². The van der Waals surface area contributed by atoms with Gasteiger partial charge >= 0.3 is 6.09 Å². The van der Waals surface area contributed by atoms with Gasteiger partial charge in [-0.25, -0.2) is 9.78 Å². The van der Waals surface area contributed by atoms with Crippen LogP contribution in [0, 0.1) is 0 Å². The molecule has 0 atom stereocenters. The number of unbranched alkanes of at least 4 members (excludes halogenated alkanes) is 1. The third-order valence-electron chi connectivity index (χ3n) is 5.94. The van der Waals surface area contributed by atoms with E-state index in [4.69, 9.17) is 32.7 Å². The van der Waals surface area contributed by atoms with Crippen LogP contribution in [0.15, 0.2) is 48.5 Å². The molecule has 3 aromatic rings. The molecule has 0 spiro atoms. The number of nitrogens with one attached hydrogen (secondary N) is 1. The van der Waals surface area contributed by atoms with Gasteiger partial charge in [0.25, 0.3) is 0 Å². The largest absolute Gasteiger partial charge is 0.494 e. The predicted octanol–water partition coefficient (Wildman–Crippen LogP) is 5.63. The third-order valence-corrected chi connectivity index (χ3v) is 6.75. The Morgan fingerprint density at radius 2 is 1.86 bits per heavy atom. The highest BCUT2D eigenvalue weighted by atomic mass is 35.5. The van der Waals surface area contributed by atoms with E-state index in [1.807, 2.05) is 49.4 Å². The lowest BCUT2D eigenvalue weighted by Crippen LogP contribution is -2.46. The molecule has 0 saturated carbocycles. The van der Waals surface area contributed by atoms with E-state index >= 15 is 0 Å². The van der Waals surface area contributed by atoms with Gasteiger partial charge in [-0.2, -0.15) is 0 Å². The van der Waals surface area contributed by atoms with E-state index in [9.17, 15) is 4.79 Å². The van der Waals surface area contributed by atoms with Crippen molar-refractivity contribution < 1.29 is 14.3 Å². The second kappa shape index (κ2) is 12.3. The SMILES string of the molecule is CCNC(=O)Oc1ccc2ccc(OCCCCN3CCN(c4cccc(Cl)c4Cl)CC3)cc2n1. The minimum atomic E-state index is -0.513. The Labute approximate surface area is 215 Å². The van der Waals surface area contributed by atoms with Gasteiger partial charge < -0.3 is 19.7 Å². The maximum absolute atomic E-state index is 11.6. The summed E-state index contributed by atoms with van der Waals surface area (Å²) in [6.45, 7) is 7.88. The molecule has 2 aromatic carbocycles. The predicted molar refractivity (Wildman–Crippen MR) is 141 cm³/mol. The summed E-state index contributed by atoms with van der Waals surface area (Å²) in [5.74, 6) is 1.02. The number of piperazine rings is 1. The number of hydrogen-bond donors (Lipinski definition) is 1. The van der Waals surface area contributed by atoms with Crippen molar-refractivity contribution in [2.45, 2.75) is 19.8 Å². The molecule has 1 saturated heterocycles.